The molecule has 4 nitrogen and oxygen atoms in total. The summed E-state index contributed by atoms with van der Waals surface area (Å²) in [6, 6.07) is 7.75. The van der Waals surface area contributed by atoms with E-state index in [0.717, 1.165) is 25.1 Å². The highest BCUT2D eigenvalue weighted by molar-refractivity contribution is 7.88. The molecule has 1 rings (SSSR count). The molecule has 0 amide bonds. The van der Waals surface area contributed by atoms with Gasteiger partial charge in [-0.15, -0.1) is 6.58 Å². The molecule has 0 fully saturated rings. The number of rotatable bonds is 10. The second-order valence-electron chi connectivity index (χ2n) is 4.99. The quantitative estimate of drug-likeness (QED) is 0.534. The fourth-order valence-electron chi connectivity index (χ4n) is 2.05. The minimum absolute atomic E-state index is 0.0390. The Bertz CT molecular complexity index is 524. The Balaban J connectivity index is 2.67. The van der Waals surface area contributed by atoms with Crippen LogP contribution in [0.5, 0.6) is 0 Å². The molecule has 0 saturated carbocycles. The lowest BCUT2D eigenvalue weighted by Crippen LogP contribution is -2.32. The number of nitrogens with zero attached hydrogens (tertiary/aromatic N) is 1. The van der Waals surface area contributed by atoms with Crippen molar-refractivity contribution in [2.45, 2.75) is 32.6 Å². The molecule has 1 aromatic carbocycles. The summed E-state index contributed by atoms with van der Waals surface area (Å²) in [6.45, 7) is 10.2. The van der Waals surface area contributed by atoms with Crippen LogP contribution in [0, 0.1) is 0 Å². The maximum absolute atomic E-state index is 12.3. The molecule has 0 aliphatic carbocycles. The van der Waals surface area contributed by atoms with Crippen molar-refractivity contribution in [2.24, 2.45) is 0 Å². The second kappa shape index (κ2) is 8.97. The van der Waals surface area contributed by atoms with Gasteiger partial charge >= 0.3 is 0 Å². The van der Waals surface area contributed by atoms with E-state index < -0.39 is 10.0 Å². The van der Waals surface area contributed by atoms with Gasteiger partial charge in [-0.05, 0) is 24.1 Å². The van der Waals surface area contributed by atoms with Gasteiger partial charge in [0, 0.05) is 19.6 Å². The molecular weight excluding hydrogens is 284 g/mol. The molecule has 21 heavy (non-hydrogen) atoms. The molecule has 0 aliphatic rings. The maximum atomic E-state index is 12.3. The summed E-state index contributed by atoms with van der Waals surface area (Å²) in [5.74, 6) is 0.0390. The van der Waals surface area contributed by atoms with Gasteiger partial charge in [-0.2, -0.15) is 4.31 Å². The van der Waals surface area contributed by atoms with Gasteiger partial charge in [-0.25, -0.2) is 8.42 Å². The minimum atomic E-state index is -3.27. The first-order valence-corrected chi connectivity index (χ1v) is 9.01. The third-order valence-corrected chi connectivity index (χ3v) is 5.10. The zero-order chi connectivity index (χ0) is 15.7. The van der Waals surface area contributed by atoms with Crippen LogP contribution in [-0.4, -0.2) is 32.4 Å². The normalized spacial score (nSPS) is 11.8. The fourth-order valence-corrected chi connectivity index (χ4v) is 3.57. The van der Waals surface area contributed by atoms with Crippen LogP contribution >= 0.6 is 0 Å². The van der Waals surface area contributed by atoms with E-state index in [-0.39, 0.29) is 5.75 Å². The number of hydrogen-bond acceptors (Lipinski definition) is 3. The summed E-state index contributed by atoms with van der Waals surface area (Å²) in [5.41, 5.74) is 1.99. The van der Waals surface area contributed by atoms with Gasteiger partial charge < -0.3 is 5.32 Å². The molecule has 0 unspecified atom stereocenters. The van der Waals surface area contributed by atoms with E-state index in [1.807, 2.05) is 31.2 Å². The Morgan fingerprint density at radius 3 is 2.33 bits per heavy atom. The Hall–Kier alpha value is -1.17. The predicted octanol–water partition coefficient (Wildman–Crippen LogP) is 2.52. The first-order chi connectivity index (χ1) is 10.0. The van der Waals surface area contributed by atoms with Gasteiger partial charge in [-0.3, -0.25) is 0 Å². The lowest BCUT2D eigenvalue weighted by molar-refractivity contribution is 0.459. The first-order valence-electron chi connectivity index (χ1n) is 7.40. The van der Waals surface area contributed by atoms with Gasteiger partial charge in [0.25, 0.3) is 0 Å². The lowest BCUT2D eigenvalue weighted by Gasteiger charge is -2.18. The monoisotopic (exact) mass is 310 g/mol. The van der Waals surface area contributed by atoms with Crippen molar-refractivity contribution in [1.82, 2.24) is 9.62 Å². The first kappa shape index (κ1) is 17.9. The van der Waals surface area contributed by atoms with Crippen molar-refractivity contribution >= 4 is 10.0 Å². The number of likely N-dealkylation sites (N-methyl/N-ethyl adjacent to an activating group) is 1. The smallest absolute Gasteiger partial charge is 0.218 e. The number of sulfonamides is 1. The molecule has 0 bridgehead atoms. The Labute approximate surface area is 128 Å². The second-order valence-corrected chi connectivity index (χ2v) is 6.96. The van der Waals surface area contributed by atoms with Crippen molar-refractivity contribution in [3.8, 4) is 0 Å². The topological polar surface area (TPSA) is 49.4 Å². The minimum Gasteiger partial charge on any atom is -0.313 e. The van der Waals surface area contributed by atoms with E-state index in [2.05, 4.69) is 18.8 Å². The number of hydrogen-bond donors (Lipinski definition) is 1. The highest BCUT2D eigenvalue weighted by Gasteiger charge is 2.19. The highest BCUT2D eigenvalue weighted by atomic mass is 32.2. The Morgan fingerprint density at radius 1 is 1.19 bits per heavy atom. The van der Waals surface area contributed by atoms with Gasteiger partial charge in [0.15, 0.2) is 0 Å². The van der Waals surface area contributed by atoms with E-state index in [1.54, 1.807) is 6.08 Å². The summed E-state index contributed by atoms with van der Waals surface area (Å²) in [4.78, 5) is 0. The largest absolute Gasteiger partial charge is 0.313 e. The van der Waals surface area contributed by atoms with Crippen LogP contribution in [0.4, 0.5) is 0 Å². The van der Waals surface area contributed by atoms with Gasteiger partial charge in [0.1, 0.15) is 0 Å². The SMILES string of the molecule is C=CCN(CC)S(=O)(=O)Cc1ccc(CNCCC)cc1. The maximum Gasteiger partial charge on any atom is 0.218 e. The predicted molar refractivity (Wildman–Crippen MR) is 88.5 cm³/mol. The van der Waals surface area contributed by atoms with Crippen LogP contribution in [0.25, 0.3) is 0 Å². The van der Waals surface area contributed by atoms with Crippen LogP contribution in [0.3, 0.4) is 0 Å². The summed E-state index contributed by atoms with van der Waals surface area (Å²) in [6.07, 6.45) is 2.72. The van der Waals surface area contributed by atoms with E-state index >= 15 is 0 Å². The summed E-state index contributed by atoms with van der Waals surface area (Å²) < 4.78 is 26.0. The summed E-state index contributed by atoms with van der Waals surface area (Å²) in [7, 11) is -3.27. The van der Waals surface area contributed by atoms with Crippen LogP contribution in [-0.2, 0) is 22.3 Å². The van der Waals surface area contributed by atoms with Gasteiger partial charge in [-0.1, -0.05) is 44.2 Å². The molecule has 0 atom stereocenters. The van der Waals surface area contributed by atoms with E-state index in [0.29, 0.717) is 13.1 Å². The average molecular weight is 310 g/mol. The zero-order valence-electron chi connectivity index (χ0n) is 13.0. The van der Waals surface area contributed by atoms with Crippen molar-refractivity contribution in [1.29, 1.82) is 0 Å². The van der Waals surface area contributed by atoms with Gasteiger partial charge in [0.2, 0.25) is 10.0 Å². The lowest BCUT2D eigenvalue weighted by atomic mass is 10.1. The van der Waals surface area contributed by atoms with Crippen LogP contribution in [0.1, 0.15) is 31.4 Å². The number of benzene rings is 1. The van der Waals surface area contributed by atoms with Crippen molar-refractivity contribution in [3.63, 3.8) is 0 Å². The van der Waals surface area contributed by atoms with Gasteiger partial charge in [0.05, 0.1) is 5.75 Å². The third kappa shape index (κ3) is 5.99. The zero-order valence-corrected chi connectivity index (χ0v) is 13.8. The van der Waals surface area contributed by atoms with E-state index in [9.17, 15) is 8.42 Å². The molecule has 0 heterocycles. The fraction of sp³-hybridized carbons (Fsp3) is 0.500. The van der Waals surface area contributed by atoms with E-state index in [4.69, 9.17) is 0 Å². The van der Waals surface area contributed by atoms with Crippen LogP contribution < -0.4 is 5.32 Å². The third-order valence-electron chi connectivity index (χ3n) is 3.21. The van der Waals surface area contributed by atoms with E-state index in [1.165, 1.54) is 9.87 Å². The summed E-state index contributed by atoms with van der Waals surface area (Å²) in [5, 5.41) is 3.33. The molecule has 1 N–H and O–H groups in total. The Kier molecular flexibility index (Phi) is 7.64. The van der Waals surface area contributed by atoms with Crippen LogP contribution in [0.15, 0.2) is 36.9 Å². The summed E-state index contributed by atoms with van der Waals surface area (Å²) >= 11 is 0. The molecule has 0 aliphatic heterocycles. The van der Waals surface area contributed by atoms with Crippen molar-refractivity contribution in [2.75, 3.05) is 19.6 Å². The number of nitrogens with one attached hydrogen (secondary N) is 1. The molecular formula is C16H26N2O2S. The molecule has 1 aromatic rings. The molecule has 118 valence electrons. The van der Waals surface area contributed by atoms with Crippen LogP contribution in [0.2, 0.25) is 0 Å². The average Bonchev–Trinajstić information content (AvgIpc) is 2.46. The van der Waals surface area contributed by atoms with Crippen molar-refractivity contribution in [3.05, 3.63) is 48.0 Å². The molecule has 0 radical (unpaired) electrons. The molecule has 0 aromatic heterocycles. The molecule has 5 heteroatoms. The Morgan fingerprint density at radius 2 is 1.81 bits per heavy atom. The standard InChI is InChI=1S/C16H26N2O2S/c1-4-11-17-13-15-7-9-16(10-8-15)14-21(19,20)18(6-3)12-5-2/h5,7-10,17H,2,4,6,11-14H2,1,3H3. The molecule has 0 saturated heterocycles. The van der Waals surface area contributed by atoms with Crippen molar-refractivity contribution < 1.29 is 8.42 Å². The highest BCUT2D eigenvalue weighted by Crippen LogP contribution is 2.12. The molecule has 0 spiro atoms.